The number of methoxy groups -OCH3 is 1. The molecule has 2 N–H and O–H groups in total. The van der Waals surface area contributed by atoms with Crippen LogP contribution in [0, 0.1) is 10.1 Å². The Balaban J connectivity index is 3.15. The van der Waals surface area contributed by atoms with Gasteiger partial charge in [-0.15, -0.1) is 0 Å². The normalized spacial score (nSPS) is 12.8. The maximum absolute atomic E-state index is 12.1. The van der Waals surface area contributed by atoms with Crippen LogP contribution in [0.1, 0.15) is 11.9 Å². The number of nitrogens with zero attached hydrogens (tertiary/aromatic N) is 1. The Morgan fingerprint density at radius 2 is 2.10 bits per heavy atom. The zero-order chi connectivity index (χ0) is 15.5. The number of aliphatic hydroxyl groups excluding tert-OH is 1. The van der Waals surface area contributed by atoms with E-state index in [0.29, 0.717) is 0 Å². The van der Waals surface area contributed by atoms with E-state index in [1.54, 1.807) is 0 Å². The first-order chi connectivity index (χ1) is 9.16. The molecule has 1 aromatic rings. The lowest BCUT2D eigenvalue weighted by Crippen LogP contribution is -2.30. The van der Waals surface area contributed by atoms with Gasteiger partial charge in [-0.25, -0.2) is 0 Å². The van der Waals surface area contributed by atoms with Gasteiger partial charge in [-0.1, -0.05) is 6.07 Å². The van der Waals surface area contributed by atoms with Gasteiger partial charge >= 0.3 is 12.1 Å². The number of anilines is 1. The molecule has 0 aliphatic carbocycles. The van der Waals surface area contributed by atoms with Crippen LogP contribution in [0.2, 0.25) is 0 Å². The van der Waals surface area contributed by atoms with E-state index in [1.807, 2.05) is 0 Å². The monoisotopic (exact) mass is 294 g/mol. The lowest BCUT2D eigenvalue weighted by Gasteiger charge is -2.11. The van der Waals surface area contributed by atoms with Crippen molar-refractivity contribution < 1.29 is 32.7 Å². The van der Waals surface area contributed by atoms with Gasteiger partial charge in [-0.05, 0) is 6.07 Å². The molecule has 0 saturated carbocycles. The minimum absolute atomic E-state index is 0.0378. The van der Waals surface area contributed by atoms with Gasteiger partial charge in [0, 0.05) is 18.7 Å². The molecule has 1 unspecified atom stereocenters. The number of alkyl halides is 3. The van der Waals surface area contributed by atoms with Gasteiger partial charge in [0.05, 0.1) is 4.92 Å². The van der Waals surface area contributed by atoms with Crippen molar-refractivity contribution in [3.63, 3.8) is 0 Å². The molecule has 20 heavy (non-hydrogen) atoms. The van der Waals surface area contributed by atoms with Crippen molar-refractivity contribution in [3.8, 4) is 0 Å². The Bertz CT molecular complexity index is 532. The highest BCUT2D eigenvalue weighted by Gasteiger charge is 2.39. The second-order valence-corrected chi connectivity index (χ2v) is 3.57. The van der Waals surface area contributed by atoms with Crippen molar-refractivity contribution in [2.75, 3.05) is 12.4 Å². The van der Waals surface area contributed by atoms with Gasteiger partial charge in [0.1, 0.15) is 5.69 Å². The van der Waals surface area contributed by atoms with Crippen molar-refractivity contribution >= 4 is 17.3 Å². The van der Waals surface area contributed by atoms with Crippen molar-refractivity contribution in [1.29, 1.82) is 0 Å². The second kappa shape index (κ2) is 5.84. The van der Waals surface area contributed by atoms with E-state index in [0.717, 1.165) is 25.3 Å². The van der Waals surface area contributed by atoms with Gasteiger partial charge in [-0.3, -0.25) is 14.9 Å². The third-order valence-corrected chi connectivity index (χ3v) is 2.23. The lowest BCUT2D eigenvalue weighted by atomic mass is 10.1. The summed E-state index contributed by atoms with van der Waals surface area (Å²) in [4.78, 5) is 20.5. The summed E-state index contributed by atoms with van der Waals surface area (Å²) >= 11 is 0. The van der Waals surface area contributed by atoms with Crippen molar-refractivity contribution in [1.82, 2.24) is 0 Å². The number of hydrogen-bond donors (Lipinski definition) is 2. The predicted octanol–water partition coefficient (Wildman–Crippen LogP) is 1.73. The standard InChI is InChI=1S/C10H9F3N2O5/c1-20-8(16)5-2-3-6(7(4-5)15(18)19)14-9(17)10(11,12)13/h2-4,8,16H,1H3,(H,14,17). The van der Waals surface area contributed by atoms with Crippen LogP contribution in [0.4, 0.5) is 24.5 Å². The molecule has 7 nitrogen and oxygen atoms in total. The minimum Gasteiger partial charge on any atom is -0.364 e. The summed E-state index contributed by atoms with van der Waals surface area (Å²) in [5.41, 5.74) is -1.47. The molecule has 0 aliphatic rings. The molecule has 0 spiro atoms. The average molecular weight is 294 g/mol. The summed E-state index contributed by atoms with van der Waals surface area (Å²) in [5, 5.41) is 21.5. The third-order valence-electron chi connectivity index (χ3n) is 2.23. The number of carbonyl (C=O) groups excluding carboxylic acids is 1. The molecule has 0 heterocycles. The lowest BCUT2D eigenvalue weighted by molar-refractivity contribution is -0.384. The molecule has 0 aromatic heterocycles. The van der Waals surface area contributed by atoms with E-state index in [4.69, 9.17) is 0 Å². The predicted molar refractivity (Wildman–Crippen MR) is 59.7 cm³/mol. The molecule has 10 heteroatoms. The van der Waals surface area contributed by atoms with E-state index in [-0.39, 0.29) is 5.56 Å². The number of amides is 1. The molecule has 0 fully saturated rings. The SMILES string of the molecule is COC(O)c1ccc(NC(=O)C(F)(F)F)c([N+](=O)[O-])c1. The fourth-order valence-electron chi connectivity index (χ4n) is 1.29. The zero-order valence-electron chi connectivity index (χ0n) is 9.97. The molecule has 1 amide bonds. The summed E-state index contributed by atoms with van der Waals surface area (Å²) in [5.74, 6) is -2.33. The summed E-state index contributed by atoms with van der Waals surface area (Å²) in [6, 6.07) is 2.77. The van der Waals surface area contributed by atoms with Crippen molar-refractivity contribution in [3.05, 3.63) is 33.9 Å². The average Bonchev–Trinajstić information content (AvgIpc) is 2.36. The molecule has 0 saturated heterocycles. The first-order valence-corrected chi connectivity index (χ1v) is 5.04. The molecule has 1 atom stereocenters. The first kappa shape index (κ1) is 15.9. The number of aliphatic hydroxyl groups is 1. The van der Waals surface area contributed by atoms with Crippen LogP contribution >= 0.6 is 0 Å². The number of nitrogens with one attached hydrogen (secondary N) is 1. The van der Waals surface area contributed by atoms with Crippen LogP contribution in [0.25, 0.3) is 0 Å². The van der Waals surface area contributed by atoms with Crippen LogP contribution < -0.4 is 5.32 Å². The number of benzene rings is 1. The number of halogens is 3. The molecule has 110 valence electrons. The number of nitro benzene ring substituents is 1. The van der Waals surface area contributed by atoms with E-state index in [9.17, 15) is 33.2 Å². The molecule has 1 rings (SSSR count). The fourth-order valence-corrected chi connectivity index (χ4v) is 1.29. The van der Waals surface area contributed by atoms with Crippen LogP contribution in [0.15, 0.2) is 18.2 Å². The Morgan fingerprint density at radius 3 is 2.55 bits per heavy atom. The third kappa shape index (κ3) is 3.65. The smallest absolute Gasteiger partial charge is 0.364 e. The summed E-state index contributed by atoms with van der Waals surface area (Å²) in [7, 11) is 1.13. The topological polar surface area (TPSA) is 102 Å². The Morgan fingerprint density at radius 1 is 1.50 bits per heavy atom. The number of hydrogen-bond acceptors (Lipinski definition) is 5. The quantitative estimate of drug-likeness (QED) is 0.500. The number of ether oxygens (including phenoxy) is 1. The van der Waals surface area contributed by atoms with Crippen molar-refractivity contribution in [2.24, 2.45) is 0 Å². The number of nitro groups is 1. The van der Waals surface area contributed by atoms with Crippen LogP contribution in [-0.4, -0.2) is 29.2 Å². The second-order valence-electron chi connectivity index (χ2n) is 3.57. The molecule has 0 aliphatic heterocycles. The summed E-state index contributed by atoms with van der Waals surface area (Å²) in [6.07, 6.45) is -6.64. The van der Waals surface area contributed by atoms with Crippen LogP contribution in [0.3, 0.4) is 0 Å². The van der Waals surface area contributed by atoms with Gasteiger partial charge < -0.3 is 15.2 Å². The largest absolute Gasteiger partial charge is 0.471 e. The first-order valence-electron chi connectivity index (χ1n) is 5.04. The molecular weight excluding hydrogens is 285 g/mol. The minimum atomic E-state index is -5.17. The van der Waals surface area contributed by atoms with Crippen LogP contribution in [-0.2, 0) is 9.53 Å². The molecule has 1 aromatic carbocycles. The highest BCUT2D eigenvalue weighted by Crippen LogP contribution is 2.29. The Labute approximate surface area is 110 Å². The van der Waals surface area contributed by atoms with Gasteiger partial charge in [0.15, 0.2) is 6.29 Å². The Hall–Kier alpha value is -2.20. The van der Waals surface area contributed by atoms with Crippen LogP contribution in [0.5, 0.6) is 0 Å². The molecule has 0 radical (unpaired) electrons. The van der Waals surface area contributed by atoms with E-state index >= 15 is 0 Å². The number of rotatable bonds is 4. The Kier molecular flexibility index (Phi) is 4.63. The van der Waals surface area contributed by atoms with Crippen molar-refractivity contribution in [2.45, 2.75) is 12.5 Å². The molecule has 0 bridgehead atoms. The van der Waals surface area contributed by atoms with E-state index < -0.39 is 34.7 Å². The maximum atomic E-state index is 12.1. The van der Waals surface area contributed by atoms with Gasteiger partial charge in [-0.2, -0.15) is 13.2 Å². The fraction of sp³-hybridized carbons (Fsp3) is 0.300. The van der Waals surface area contributed by atoms with E-state index in [1.165, 1.54) is 5.32 Å². The van der Waals surface area contributed by atoms with E-state index in [2.05, 4.69) is 4.74 Å². The maximum Gasteiger partial charge on any atom is 0.471 e. The molecular formula is C10H9F3N2O5. The number of carbonyl (C=O) groups is 1. The van der Waals surface area contributed by atoms with Gasteiger partial charge in [0.2, 0.25) is 0 Å². The highest BCUT2D eigenvalue weighted by atomic mass is 19.4. The zero-order valence-corrected chi connectivity index (χ0v) is 9.97. The summed E-state index contributed by atoms with van der Waals surface area (Å²) < 4.78 is 40.8. The van der Waals surface area contributed by atoms with Gasteiger partial charge in [0.25, 0.3) is 5.69 Å². The highest BCUT2D eigenvalue weighted by molar-refractivity contribution is 5.96. The summed E-state index contributed by atoms with van der Waals surface area (Å²) in [6.45, 7) is 0.